The lowest BCUT2D eigenvalue weighted by Crippen LogP contribution is -2.18. The average Bonchev–Trinajstić information content (AvgIpc) is 2.75. The van der Waals surface area contributed by atoms with Crippen molar-refractivity contribution in [3.63, 3.8) is 0 Å². The number of hydrogen-bond acceptors (Lipinski definition) is 3. The normalized spacial score (nSPS) is 10.9. The maximum absolute atomic E-state index is 5.02. The van der Waals surface area contributed by atoms with E-state index in [0.29, 0.717) is 0 Å². The van der Waals surface area contributed by atoms with Crippen molar-refractivity contribution in [1.29, 1.82) is 0 Å². The third-order valence-corrected chi connectivity index (χ3v) is 3.57. The fourth-order valence-electron chi connectivity index (χ4n) is 2.03. The number of aryl methyl sites for hydroxylation is 1. The molecule has 0 amide bonds. The molecule has 0 atom stereocenters. The van der Waals surface area contributed by atoms with Gasteiger partial charge in [-0.15, -0.1) is 0 Å². The van der Waals surface area contributed by atoms with Crippen LogP contribution in [0.4, 0.5) is 0 Å². The van der Waals surface area contributed by atoms with Crippen molar-refractivity contribution in [2.75, 3.05) is 20.3 Å². The van der Waals surface area contributed by atoms with Gasteiger partial charge < -0.3 is 10.1 Å². The van der Waals surface area contributed by atoms with Gasteiger partial charge in [0, 0.05) is 36.4 Å². The first kappa shape index (κ1) is 15.2. The lowest BCUT2D eigenvalue weighted by Gasteiger charge is -2.03. The fraction of sp³-hybridized carbons (Fsp3) is 0.400. The van der Waals surface area contributed by atoms with E-state index in [1.54, 1.807) is 7.11 Å². The van der Waals surface area contributed by atoms with Gasteiger partial charge in [-0.25, -0.2) is 0 Å². The molecule has 20 heavy (non-hydrogen) atoms. The van der Waals surface area contributed by atoms with Crippen molar-refractivity contribution < 1.29 is 4.74 Å². The molecule has 1 aromatic heterocycles. The summed E-state index contributed by atoms with van der Waals surface area (Å²) in [5.74, 6) is 0. The second-order valence-electron chi connectivity index (χ2n) is 4.74. The van der Waals surface area contributed by atoms with Gasteiger partial charge in [0.1, 0.15) is 0 Å². The molecule has 1 N–H and O–H groups in total. The Kier molecular flexibility index (Phi) is 5.76. The third-order valence-electron chi connectivity index (χ3n) is 3.08. The van der Waals surface area contributed by atoms with E-state index in [4.69, 9.17) is 4.74 Å². The predicted octanol–water partition coefficient (Wildman–Crippen LogP) is 2.74. The lowest BCUT2D eigenvalue weighted by molar-refractivity contribution is 0.199. The van der Waals surface area contributed by atoms with Crippen LogP contribution in [0.5, 0.6) is 0 Å². The van der Waals surface area contributed by atoms with Crippen molar-refractivity contribution in [2.24, 2.45) is 0 Å². The Morgan fingerprint density at radius 1 is 1.40 bits per heavy atom. The van der Waals surface area contributed by atoms with E-state index in [9.17, 15) is 0 Å². The number of nitrogens with zero attached hydrogens (tertiary/aromatic N) is 2. The minimum atomic E-state index is 0.727. The zero-order valence-electron chi connectivity index (χ0n) is 11.9. The predicted molar refractivity (Wildman–Crippen MR) is 83.8 cm³/mol. The smallest absolute Gasteiger partial charge is 0.0659 e. The number of benzene rings is 1. The summed E-state index contributed by atoms with van der Waals surface area (Å²) in [5.41, 5.74) is 3.54. The van der Waals surface area contributed by atoms with Crippen molar-refractivity contribution >= 4 is 15.9 Å². The Bertz CT molecular complexity index is 554. The Hall–Kier alpha value is -1.17. The number of aromatic nitrogens is 2. The van der Waals surface area contributed by atoms with E-state index in [-0.39, 0.29) is 0 Å². The van der Waals surface area contributed by atoms with Crippen LogP contribution in [0.3, 0.4) is 0 Å². The first-order chi connectivity index (χ1) is 9.69. The van der Waals surface area contributed by atoms with Crippen molar-refractivity contribution in [1.82, 2.24) is 15.1 Å². The summed E-state index contributed by atoms with van der Waals surface area (Å²) in [5, 5.41) is 7.91. The molecule has 0 radical (unpaired) electrons. The molecule has 0 aliphatic rings. The highest BCUT2D eigenvalue weighted by Crippen LogP contribution is 2.13. The van der Waals surface area contributed by atoms with Crippen LogP contribution in [-0.4, -0.2) is 30.0 Å². The molecule has 0 saturated heterocycles. The summed E-state index contributed by atoms with van der Waals surface area (Å²) in [6.45, 7) is 5.24. The molecule has 0 spiro atoms. The fourth-order valence-corrected chi connectivity index (χ4v) is 2.48. The number of halogens is 1. The van der Waals surface area contributed by atoms with Gasteiger partial charge in [0.25, 0.3) is 0 Å². The van der Waals surface area contributed by atoms with Crippen LogP contribution in [0.1, 0.15) is 16.8 Å². The molecule has 5 heteroatoms. The van der Waals surface area contributed by atoms with Crippen LogP contribution < -0.4 is 5.32 Å². The molecular formula is C15H20BrN3O. The van der Waals surface area contributed by atoms with Gasteiger partial charge in [0.2, 0.25) is 0 Å². The maximum atomic E-state index is 5.02. The molecule has 1 heterocycles. The third kappa shape index (κ3) is 4.44. The van der Waals surface area contributed by atoms with Crippen molar-refractivity contribution in [3.05, 3.63) is 51.8 Å². The zero-order valence-corrected chi connectivity index (χ0v) is 13.5. The van der Waals surface area contributed by atoms with E-state index in [2.05, 4.69) is 44.7 Å². The zero-order chi connectivity index (χ0) is 14.4. The van der Waals surface area contributed by atoms with Crippen LogP contribution in [0.25, 0.3) is 0 Å². The summed E-state index contributed by atoms with van der Waals surface area (Å²) in [7, 11) is 1.71. The highest BCUT2D eigenvalue weighted by molar-refractivity contribution is 9.10. The summed E-state index contributed by atoms with van der Waals surface area (Å²) in [4.78, 5) is 0. The Balaban J connectivity index is 1.96. The second-order valence-corrected chi connectivity index (χ2v) is 5.65. The monoisotopic (exact) mass is 337 g/mol. The molecule has 2 rings (SSSR count). The molecular weight excluding hydrogens is 318 g/mol. The topological polar surface area (TPSA) is 39.1 Å². The maximum Gasteiger partial charge on any atom is 0.0659 e. The molecule has 0 fully saturated rings. The molecule has 108 valence electrons. The summed E-state index contributed by atoms with van der Waals surface area (Å²) in [6, 6.07) is 8.30. The van der Waals surface area contributed by atoms with Crippen LogP contribution in [0, 0.1) is 6.92 Å². The lowest BCUT2D eigenvalue weighted by atomic mass is 10.2. The molecule has 0 aliphatic heterocycles. The summed E-state index contributed by atoms with van der Waals surface area (Å²) >= 11 is 3.49. The number of rotatable bonds is 7. The minimum absolute atomic E-state index is 0.727. The van der Waals surface area contributed by atoms with E-state index < -0.39 is 0 Å². The van der Waals surface area contributed by atoms with Gasteiger partial charge in [-0.1, -0.05) is 28.1 Å². The highest BCUT2D eigenvalue weighted by atomic mass is 79.9. The standard InChI is InChI=1S/C15H20BrN3O/c1-12-14(9-17-6-7-20-2)11-19(18-12)10-13-4-3-5-15(16)8-13/h3-5,8,11,17H,6-7,9-10H2,1-2H3. The molecule has 1 aromatic carbocycles. The van der Waals surface area contributed by atoms with Gasteiger partial charge in [0.05, 0.1) is 18.8 Å². The van der Waals surface area contributed by atoms with Crippen LogP contribution in [0.15, 0.2) is 34.9 Å². The van der Waals surface area contributed by atoms with E-state index in [0.717, 1.165) is 36.4 Å². The van der Waals surface area contributed by atoms with Gasteiger partial charge in [0.15, 0.2) is 0 Å². The van der Waals surface area contributed by atoms with E-state index in [1.165, 1.54) is 11.1 Å². The molecule has 0 saturated carbocycles. The number of methoxy groups -OCH3 is 1. The number of hydrogen-bond donors (Lipinski definition) is 1. The summed E-state index contributed by atoms with van der Waals surface area (Å²) in [6.07, 6.45) is 2.11. The molecule has 4 nitrogen and oxygen atoms in total. The van der Waals surface area contributed by atoms with Crippen LogP contribution in [0.2, 0.25) is 0 Å². The number of nitrogens with one attached hydrogen (secondary N) is 1. The highest BCUT2D eigenvalue weighted by Gasteiger charge is 2.05. The van der Waals surface area contributed by atoms with Gasteiger partial charge in [-0.2, -0.15) is 5.10 Å². The van der Waals surface area contributed by atoms with E-state index in [1.807, 2.05) is 23.7 Å². The molecule has 2 aromatic rings. The van der Waals surface area contributed by atoms with Gasteiger partial charge in [-0.3, -0.25) is 4.68 Å². The largest absolute Gasteiger partial charge is 0.383 e. The number of ether oxygens (including phenoxy) is 1. The first-order valence-corrected chi connectivity index (χ1v) is 7.45. The van der Waals surface area contributed by atoms with Crippen molar-refractivity contribution in [2.45, 2.75) is 20.0 Å². The Morgan fingerprint density at radius 3 is 3.00 bits per heavy atom. The van der Waals surface area contributed by atoms with Crippen LogP contribution >= 0.6 is 15.9 Å². The van der Waals surface area contributed by atoms with Crippen LogP contribution in [-0.2, 0) is 17.8 Å². The summed E-state index contributed by atoms with van der Waals surface area (Å²) < 4.78 is 8.11. The molecule has 0 aliphatic carbocycles. The minimum Gasteiger partial charge on any atom is -0.383 e. The molecule has 0 unspecified atom stereocenters. The molecule has 0 bridgehead atoms. The van der Waals surface area contributed by atoms with Crippen molar-refractivity contribution in [3.8, 4) is 0 Å². The Labute approximate surface area is 128 Å². The quantitative estimate of drug-likeness (QED) is 0.789. The SMILES string of the molecule is COCCNCc1cn(Cc2cccc(Br)c2)nc1C. The Morgan fingerprint density at radius 2 is 2.25 bits per heavy atom. The van der Waals surface area contributed by atoms with E-state index >= 15 is 0 Å². The van der Waals surface area contributed by atoms with Gasteiger partial charge in [-0.05, 0) is 24.6 Å². The first-order valence-electron chi connectivity index (χ1n) is 6.66. The second kappa shape index (κ2) is 7.57. The van der Waals surface area contributed by atoms with Gasteiger partial charge >= 0.3 is 0 Å². The average molecular weight is 338 g/mol.